The number of hydrogen-bond donors (Lipinski definition) is 1. The van der Waals surface area contributed by atoms with Crippen LogP contribution in [0.25, 0.3) is 0 Å². The van der Waals surface area contributed by atoms with Crippen LogP contribution in [0, 0.1) is 12.8 Å². The van der Waals surface area contributed by atoms with E-state index in [1.165, 1.54) is 24.0 Å². The van der Waals surface area contributed by atoms with Gasteiger partial charge in [-0.25, -0.2) is 0 Å². The van der Waals surface area contributed by atoms with Crippen molar-refractivity contribution in [2.24, 2.45) is 5.92 Å². The lowest BCUT2D eigenvalue weighted by atomic mass is 9.90. The fraction of sp³-hybridized carbons (Fsp3) is 0.600. The van der Waals surface area contributed by atoms with Crippen LogP contribution in [0.15, 0.2) is 6.07 Å². The number of methoxy groups -OCH3 is 2. The van der Waals surface area contributed by atoms with E-state index in [2.05, 4.69) is 12.2 Å². The van der Waals surface area contributed by atoms with E-state index in [0.717, 1.165) is 25.3 Å². The van der Waals surface area contributed by atoms with Crippen molar-refractivity contribution >= 4 is 11.6 Å². The third-order valence-corrected chi connectivity index (χ3v) is 4.10. The van der Waals surface area contributed by atoms with E-state index in [9.17, 15) is 0 Å². The number of ether oxygens (including phenoxy) is 2. The summed E-state index contributed by atoms with van der Waals surface area (Å²) in [5, 5.41) is 4.07. The molecule has 0 amide bonds. The molecule has 1 fully saturated rings. The van der Waals surface area contributed by atoms with E-state index in [1.807, 2.05) is 6.07 Å². The summed E-state index contributed by atoms with van der Waals surface area (Å²) in [7, 11) is 3.31. The number of aryl methyl sites for hydroxylation is 1. The average molecular weight is 284 g/mol. The molecule has 0 radical (unpaired) electrons. The van der Waals surface area contributed by atoms with Crippen molar-refractivity contribution in [1.29, 1.82) is 0 Å². The van der Waals surface area contributed by atoms with Gasteiger partial charge in [-0.1, -0.05) is 11.6 Å². The van der Waals surface area contributed by atoms with Gasteiger partial charge in [0.05, 0.1) is 19.2 Å². The van der Waals surface area contributed by atoms with Gasteiger partial charge in [0.25, 0.3) is 0 Å². The first-order chi connectivity index (χ1) is 9.17. The normalized spacial score (nSPS) is 19.3. The van der Waals surface area contributed by atoms with Gasteiger partial charge in [0.1, 0.15) is 0 Å². The molecule has 1 aliphatic heterocycles. The first kappa shape index (κ1) is 14.5. The molecule has 2 rings (SSSR count). The van der Waals surface area contributed by atoms with Crippen molar-refractivity contribution in [2.75, 3.05) is 27.3 Å². The topological polar surface area (TPSA) is 30.5 Å². The zero-order valence-corrected chi connectivity index (χ0v) is 12.6. The van der Waals surface area contributed by atoms with Gasteiger partial charge in [0, 0.05) is 5.56 Å². The molecule has 0 spiro atoms. The molecule has 4 heteroatoms. The van der Waals surface area contributed by atoms with Gasteiger partial charge in [-0.15, -0.1) is 0 Å². The molecule has 0 aliphatic carbocycles. The molecule has 0 bridgehead atoms. The predicted octanol–water partition coefficient (Wildman–Crippen LogP) is 3.21. The Labute approximate surface area is 120 Å². The largest absolute Gasteiger partial charge is 0.493 e. The molecule has 1 aromatic carbocycles. The summed E-state index contributed by atoms with van der Waals surface area (Å²) in [4.78, 5) is 0. The van der Waals surface area contributed by atoms with Crippen molar-refractivity contribution in [1.82, 2.24) is 5.32 Å². The Bertz CT molecular complexity index is 442. The molecule has 1 heterocycles. The van der Waals surface area contributed by atoms with Crippen molar-refractivity contribution in [3.05, 3.63) is 22.2 Å². The second-order valence-corrected chi connectivity index (χ2v) is 5.54. The van der Waals surface area contributed by atoms with Crippen molar-refractivity contribution in [3.63, 3.8) is 0 Å². The molecular weight excluding hydrogens is 262 g/mol. The number of hydrogen-bond acceptors (Lipinski definition) is 3. The zero-order valence-electron chi connectivity index (χ0n) is 11.9. The Balaban J connectivity index is 2.32. The number of nitrogens with one attached hydrogen (secondary N) is 1. The maximum atomic E-state index is 6.21. The Morgan fingerprint density at radius 1 is 1.32 bits per heavy atom. The fourth-order valence-electron chi connectivity index (χ4n) is 2.81. The minimum absolute atomic E-state index is 0.613. The Morgan fingerprint density at radius 2 is 2.05 bits per heavy atom. The molecule has 106 valence electrons. The van der Waals surface area contributed by atoms with Gasteiger partial charge in [-0.3, -0.25) is 0 Å². The molecule has 1 aliphatic rings. The number of halogens is 1. The molecule has 1 aromatic rings. The lowest BCUT2D eigenvalue weighted by Gasteiger charge is -2.25. The summed E-state index contributed by atoms with van der Waals surface area (Å²) < 4.78 is 10.9. The third-order valence-electron chi connectivity index (χ3n) is 3.82. The van der Waals surface area contributed by atoms with Crippen molar-refractivity contribution < 1.29 is 9.47 Å². The highest BCUT2D eigenvalue weighted by atomic mass is 35.5. The van der Waals surface area contributed by atoms with Gasteiger partial charge < -0.3 is 14.8 Å². The lowest BCUT2D eigenvalue weighted by molar-refractivity contribution is 0.340. The predicted molar refractivity (Wildman–Crippen MR) is 78.6 cm³/mol. The first-order valence-corrected chi connectivity index (χ1v) is 7.15. The van der Waals surface area contributed by atoms with Gasteiger partial charge >= 0.3 is 0 Å². The molecule has 19 heavy (non-hydrogen) atoms. The fourth-order valence-corrected chi connectivity index (χ4v) is 3.14. The van der Waals surface area contributed by atoms with Crippen molar-refractivity contribution in [3.8, 4) is 11.5 Å². The molecule has 1 unspecified atom stereocenters. The SMILES string of the molecule is COc1c(Cl)cc(C)c(CC2CCCNC2)c1OC. The van der Waals surface area contributed by atoms with Crippen LogP contribution in [0.3, 0.4) is 0 Å². The summed E-state index contributed by atoms with van der Waals surface area (Å²) in [6.07, 6.45) is 3.52. The highest BCUT2D eigenvalue weighted by Gasteiger charge is 2.21. The van der Waals surface area contributed by atoms with Gasteiger partial charge in [-0.2, -0.15) is 0 Å². The van der Waals surface area contributed by atoms with Gasteiger partial charge in [0.2, 0.25) is 0 Å². The number of piperidine rings is 1. The van der Waals surface area contributed by atoms with E-state index in [1.54, 1.807) is 14.2 Å². The van der Waals surface area contributed by atoms with E-state index in [-0.39, 0.29) is 0 Å². The maximum Gasteiger partial charge on any atom is 0.179 e. The smallest absolute Gasteiger partial charge is 0.179 e. The van der Waals surface area contributed by atoms with Crippen molar-refractivity contribution in [2.45, 2.75) is 26.2 Å². The van der Waals surface area contributed by atoms with Crippen LogP contribution in [-0.2, 0) is 6.42 Å². The quantitative estimate of drug-likeness (QED) is 0.920. The van der Waals surface area contributed by atoms with E-state index in [0.29, 0.717) is 16.7 Å². The minimum atomic E-state index is 0.613. The van der Waals surface area contributed by atoms with E-state index in [4.69, 9.17) is 21.1 Å². The molecule has 1 saturated heterocycles. The molecule has 0 saturated carbocycles. The van der Waals surface area contributed by atoms with E-state index >= 15 is 0 Å². The number of benzene rings is 1. The second kappa shape index (κ2) is 6.49. The van der Waals surface area contributed by atoms with Crippen LogP contribution in [0.4, 0.5) is 0 Å². The minimum Gasteiger partial charge on any atom is -0.493 e. The maximum absolute atomic E-state index is 6.21. The lowest BCUT2D eigenvalue weighted by Crippen LogP contribution is -2.31. The van der Waals surface area contributed by atoms with Crippen LogP contribution >= 0.6 is 11.6 Å². The molecular formula is C15H22ClNO2. The Kier molecular flexibility index (Phi) is 4.94. The van der Waals surface area contributed by atoms with Crippen LogP contribution < -0.4 is 14.8 Å². The molecule has 0 aromatic heterocycles. The van der Waals surface area contributed by atoms with Crippen LogP contribution in [0.2, 0.25) is 5.02 Å². The van der Waals surface area contributed by atoms with Gasteiger partial charge in [-0.05, 0) is 56.8 Å². The highest BCUT2D eigenvalue weighted by molar-refractivity contribution is 6.32. The Hall–Kier alpha value is -0.930. The summed E-state index contributed by atoms with van der Waals surface area (Å²) in [6.45, 7) is 4.30. The molecule has 1 N–H and O–H groups in total. The average Bonchev–Trinajstić information content (AvgIpc) is 2.42. The molecule has 3 nitrogen and oxygen atoms in total. The molecule has 1 atom stereocenters. The summed E-state index contributed by atoms with van der Waals surface area (Å²) >= 11 is 6.21. The first-order valence-electron chi connectivity index (χ1n) is 6.78. The van der Waals surface area contributed by atoms with Gasteiger partial charge in [0.15, 0.2) is 11.5 Å². The zero-order chi connectivity index (χ0) is 13.8. The van der Waals surface area contributed by atoms with Crippen LogP contribution in [-0.4, -0.2) is 27.3 Å². The Morgan fingerprint density at radius 3 is 2.63 bits per heavy atom. The standard InChI is InChI=1S/C15H22ClNO2/c1-10-7-13(16)15(19-3)14(18-2)12(10)8-11-5-4-6-17-9-11/h7,11,17H,4-6,8-9H2,1-3H3. The summed E-state index contributed by atoms with van der Waals surface area (Å²) in [5.74, 6) is 2.10. The van der Waals surface area contributed by atoms with E-state index < -0.39 is 0 Å². The van der Waals surface area contributed by atoms with Crippen LogP contribution in [0.1, 0.15) is 24.0 Å². The number of rotatable bonds is 4. The second-order valence-electron chi connectivity index (χ2n) is 5.14. The third kappa shape index (κ3) is 3.15. The monoisotopic (exact) mass is 283 g/mol. The highest BCUT2D eigenvalue weighted by Crippen LogP contribution is 2.41. The van der Waals surface area contributed by atoms with Crippen LogP contribution in [0.5, 0.6) is 11.5 Å². The summed E-state index contributed by atoms with van der Waals surface area (Å²) in [6, 6.07) is 1.97. The summed E-state index contributed by atoms with van der Waals surface area (Å²) in [5.41, 5.74) is 2.39.